The third-order valence-electron chi connectivity index (χ3n) is 2.93. The van der Waals surface area contributed by atoms with E-state index in [9.17, 15) is 4.79 Å². The molecule has 0 spiro atoms. The number of nitrogens with two attached hydrogens (primary N) is 1. The lowest BCUT2D eigenvalue weighted by atomic mass is 10.1. The molecule has 2 aromatic rings. The lowest BCUT2D eigenvalue weighted by Gasteiger charge is -2.11. The summed E-state index contributed by atoms with van der Waals surface area (Å²) in [4.78, 5) is 10.8. The van der Waals surface area contributed by atoms with Crippen molar-refractivity contribution < 1.29 is 4.79 Å². The van der Waals surface area contributed by atoms with Crippen LogP contribution in [-0.2, 0) is 11.3 Å². The first kappa shape index (κ1) is 13.3. The summed E-state index contributed by atoms with van der Waals surface area (Å²) in [5.74, 6) is -0.296. The van der Waals surface area contributed by atoms with Crippen molar-refractivity contribution in [1.82, 2.24) is 15.5 Å². The summed E-state index contributed by atoms with van der Waals surface area (Å²) in [7, 11) is 0. The number of carbonyl (C=O) groups excluding carboxylic acids is 1. The Morgan fingerprint density at radius 3 is 2.84 bits per heavy atom. The molecule has 1 amide bonds. The zero-order valence-corrected chi connectivity index (χ0v) is 10.9. The van der Waals surface area contributed by atoms with E-state index >= 15 is 0 Å². The van der Waals surface area contributed by atoms with E-state index in [0.29, 0.717) is 13.0 Å². The number of hydrogen-bond donors (Lipinski definition) is 3. The minimum Gasteiger partial charge on any atom is -0.370 e. The van der Waals surface area contributed by atoms with Crippen LogP contribution in [0.5, 0.6) is 0 Å². The lowest BCUT2D eigenvalue weighted by Crippen LogP contribution is -2.30. The van der Waals surface area contributed by atoms with Crippen molar-refractivity contribution in [1.29, 1.82) is 0 Å². The molecule has 2 rings (SSSR count). The lowest BCUT2D eigenvalue weighted by molar-refractivity contribution is -0.118. The van der Waals surface area contributed by atoms with Crippen molar-refractivity contribution in [2.24, 2.45) is 5.73 Å². The van der Waals surface area contributed by atoms with Gasteiger partial charge in [0.15, 0.2) is 0 Å². The number of aromatic amines is 1. The van der Waals surface area contributed by atoms with Gasteiger partial charge in [-0.05, 0) is 12.5 Å². The monoisotopic (exact) mass is 258 g/mol. The molecule has 0 saturated heterocycles. The molecule has 5 nitrogen and oxygen atoms in total. The Hall–Kier alpha value is -2.14. The molecule has 0 radical (unpaired) electrons. The largest absolute Gasteiger partial charge is 0.370 e. The van der Waals surface area contributed by atoms with Gasteiger partial charge in [-0.2, -0.15) is 5.10 Å². The quantitative estimate of drug-likeness (QED) is 0.733. The number of amides is 1. The predicted molar refractivity (Wildman–Crippen MR) is 74.1 cm³/mol. The Balaban J connectivity index is 2.03. The highest BCUT2D eigenvalue weighted by Crippen LogP contribution is 2.20. The fourth-order valence-corrected chi connectivity index (χ4v) is 1.96. The molecule has 0 aliphatic heterocycles. The molecule has 19 heavy (non-hydrogen) atoms. The molecule has 4 N–H and O–H groups in total. The van der Waals surface area contributed by atoms with Crippen LogP contribution in [-0.4, -0.2) is 22.1 Å². The number of carbonyl (C=O) groups is 1. The van der Waals surface area contributed by atoms with Crippen molar-refractivity contribution in [3.8, 4) is 11.3 Å². The predicted octanol–water partition coefficient (Wildman–Crippen LogP) is 1.43. The summed E-state index contributed by atoms with van der Waals surface area (Å²) >= 11 is 0. The summed E-state index contributed by atoms with van der Waals surface area (Å²) < 4.78 is 0. The Bertz CT molecular complexity index is 535. The molecule has 5 heteroatoms. The van der Waals surface area contributed by atoms with Crippen LogP contribution in [0, 0.1) is 0 Å². The second kappa shape index (κ2) is 6.15. The fraction of sp³-hybridized carbons (Fsp3) is 0.286. The van der Waals surface area contributed by atoms with E-state index < -0.39 is 0 Å². The average Bonchev–Trinajstić information content (AvgIpc) is 2.85. The maximum atomic E-state index is 10.8. The van der Waals surface area contributed by atoms with Crippen LogP contribution < -0.4 is 11.1 Å². The van der Waals surface area contributed by atoms with E-state index in [1.807, 2.05) is 37.3 Å². The molecule has 0 saturated carbocycles. The van der Waals surface area contributed by atoms with Crippen LogP contribution in [0.1, 0.15) is 18.9 Å². The van der Waals surface area contributed by atoms with E-state index in [2.05, 4.69) is 15.5 Å². The first-order valence-corrected chi connectivity index (χ1v) is 6.26. The van der Waals surface area contributed by atoms with Crippen molar-refractivity contribution >= 4 is 5.91 Å². The molecule has 0 aliphatic carbocycles. The molecule has 0 bridgehead atoms. The molecule has 1 unspecified atom stereocenters. The van der Waals surface area contributed by atoms with Crippen molar-refractivity contribution in [3.05, 3.63) is 42.1 Å². The smallest absolute Gasteiger partial charge is 0.218 e. The van der Waals surface area contributed by atoms with Crippen molar-refractivity contribution in [2.45, 2.75) is 25.9 Å². The van der Waals surface area contributed by atoms with Crippen LogP contribution in [0.2, 0.25) is 0 Å². The molecule has 0 aliphatic rings. The number of hydrogen-bond acceptors (Lipinski definition) is 3. The van der Waals surface area contributed by atoms with Gasteiger partial charge in [0.2, 0.25) is 5.91 Å². The van der Waals surface area contributed by atoms with Gasteiger partial charge >= 0.3 is 0 Å². The summed E-state index contributed by atoms with van der Waals surface area (Å²) in [6, 6.07) is 10.1. The number of H-pyrrole nitrogens is 1. The van der Waals surface area contributed by atoms with Gasteiger partial charge in [-0.15, -0.1) is 0 Å². The fourth-order valence-electron chi connectivity index (χ4n) is 1.96. The van der Waals surface area contributed by atoms with E-state index in [4.69, 9.17) is 5.73 Å². The minimum absolute atomic E-state index is 0.0519. The van der Waals surface area contributed by atoms with Gasteiger partial charge in [-0.1, -0.05) is 30.3 Å². The molecule has 0 fully saturated rings. The minimum atomic E-state index is -0.296. The van der Waals surface area contributed by atoms with Crippen LogP contribution in [0.25, 0.3) is 11.3 Å². The number of nitrogens with one attached hydrogen (secondary N) is 2. The van der Waals surface area contributed by atoms with E-state index in [1.54, 1.807) is 6.20 Å². The maximum absolute atomic E-state index is 10.8. The number of benzene rings is 1. The first-order chi connectivity index (χ1) is 9.16. The van der Waals surface area contributed by atoms with Gasteiger partial charge in [0.1, 0.15) is 0 Å². The Kier molecular flexibility index (Phi) is 4.30. The number of rotatable bonds is 6. The molecule has 100 valence electrons. The van der Waals surface area contributed by atoms with Crippen LogP contribution in [0.15, 0.2) is 36.5 Å². The second-order valence-corrected chi connectivity index (χ2v) is 4.59. The summed E-state index contributed by atoms with van der Waals surface area (Å²) in [5, 5.41) is 10.4. The van der Waals surface area contributed by atoms with Gasteiger partial charge in [0.25, 0.3) is 0 Å². The van der Waals surface area contributed by atoms with Crippen LogP contribution >= 0.6 is 0 Å². The highest BCUT2D eigenvalue weighted by atomic mass is 16.1. The first-order valence-electron chi connectivity index (χ1n) is 6.26. The highest BCUT2D eigenvalue weighted by molar-refractivity contribution is 5.74. The van der Waals surface area contributed by atoms with Gasteiger partial charge in [-0.25, -0.2) is 0 Å². The normalized spacial score (nSPS) is 12.3. The average molecular weight is 258 g/mol. The molecular formula is C14H18N4O. The zero-order valence-electron chi connectivity index (χ0n) is 10.9. The standard InChI is InChI=1S/C14H18N4O/c1-10(7-13(15)19)16-8-12-9-17-18-14(12)11-5-3-2-4-6-11/h2-6,9-10,16H,7-8H2,1H3,(H2,15,19)(H,17,18). The van der Waals surface area contributed by atoms with Gasteiger partial charge in [-0.3, -0.25) is 9.89 Å². The maximum Gasteiger partial charge on any atom is 0.218 e. The third kappa shape index (κ3) is 3.66. The topological polar surface area (TPSA) is 83.8 Å². The summed E-state index contributed by atoms with van der Waals surface area (Å²) in [6.45, 7) is 2.59. The molecule has 1 aromatic carbocycles. The van der Waals surface area contributed by atoms with E-state index in [-0.39, 0.29) is 11.9 Å². The number of primary amides is 1. The van der Waals surface area contributed by atoms with Crippen molar-refractivity contribution in [3.63, 3.8) is 0 Å². The van der Waals surface area contributed by atoms with E-state index in [1.165, 1.54) is 0 Å². The Morgan fingerprint density at radius 1 is 1.42 bits per heavy atom. The SMILES string of the molecule is CC(CC(N)=O)NCc1cn[nH]c1-c1ccccc1. The summed E-state index contributed by atoms with van der Waals surface area (Å²) in [5.41, 5.74) is 8.33. The Labute approximate surface area is 112 Å². The number of aromatic nitrogens is 2. The third-order valence-corrected chi connectivity index (χ3v) is 2.93. The van der Waals surface area contributed by atoms with Gasteiger partial charge in [0.05, 0.1) is 11.9 Å². The summed E-state index contributed by atoms with van der Waals surface area (Å²) in [6.07, 6.45) is 2.13. The van der Waals surface area contributed by atoms with Gasteiger partial charge < -0.3 is 11.1 Å². The second-order valence-electron chi connectivity index (χ2n) is 4.59. The van der Waals surface area contributed by atoms with Crippen molar-refractivity contribution in [2.75, 3.05) is 0 Å². The Morgan fingerprint density at radius 2 is 2.16 bits per heavy atom. The molecule has 1 atom stereocenters. The molecular weight excluding hydrogens is 240 g/mol. The number of nitrogens with zero attached hydrogens (tertiary/aromatic N) is 1. The highest BCUT2D eigenvalue weighted by Gasteiger charge is 2.10. The zero-order chi connectivity index (χ0) is 13.7. The van der Waals surface area contributed by atoms with Gasteiger partial charge in [0, 0.05) is 24.6 Å². The van der Waals surface area contributed by atoms with E-state index in [0.717, 1.165) is 16.8 Å². The van der Waals surface area contributed by atoms with Crippen LogP contribution in [0.3, 0.4) is 0 Å². The van der Waals surface area contributed by atoms with Crippen LogP contribution in [0.4, 0.5) is 0 Å². The molecule has 1 aromatic heterocycles. The molecule has 1 heterocycles.